The Kier molecular flexibility index (Phi) is 43.2. The molecule has 0 aromatic heterocycles. The molecule has 5 N–H and O–H groups in total. The van der Waals surface area contributed by atoms with Gasteiger partial charge in [-0.2, -0.15) is 0 Å². The number of carbonyl (C=O) groups is 2. The molecule has 0 heterocycles. The van der Waals surface area contributed by atoms with Gasteiger partial charge in [0.1, 0.15) is 12.7 Å². The molecule has 0 saturated carbocycles. The minimum atomic E-state index is -4.68. The molecule has 0 fully saturated rings. The van der Waals surface area contributed by atoms with E-state index >= 15 is 0 Å². The number of aliphatic hydroxyl groups is 4. The van der Waals surface area contributed by atoms with E-state index in [0.29, 0.717) is 25.7 Å². The fourth-order valence-electron chi connectivity index (χ4n) is 6.87. The third-order valence-corrected chi connectivity index (χ3v) is 12.2. The predicted octanol–water partition coefficient (Wildman–Crippen LogP) is 11.9. The Labute approximate surface area is 389 Å². The molecule has 0 aromatic carbocycles. The van der Waals surface area contributed by atoms with Crippen LogP contribution in [0, 0.1) is 5.92 Å². The van der Waals surface area contributed by atoms with Gasteiger partial charge in [0, 0.05) is 12.8 Å². The molecule has 0 spiro atoms. The highest BCUT2D eigenvalue weighted by atomic mass is 31.2. The highest BCUT2D eigenvalue weighted by molar-refractivity contribution is 7.47. The molecule has 0 aromatic rings. The van der Waals surface area contributed by atoms with E-state index in [-0.39, 0.29) is 12.8 Å². The summed E-state index contributed by atoms with van der Waals surface area (Å²) in [5.74, 6) is -0.277. The maximum atomic E-state index is 12.7. The van der Waals surface area contributed by atoms with Gasteiger partial charge in [0.2, 0.25) is 0 Å². The number of allylic oxidation sites excluding steroid dienone is 5. The minimum Gasteiger partial charge on any atom is -0.462 e. The van der Waals surface area contributed by atoms with Gasteiger partial charge in [-0.1, -0.05) is 204 Å². The first-order valence-corrected chi connectivity index (χ1v) is 26.7. The van der Waals surface area contributed by atoms with Crippen molar-refractivity contribution in [2.45, 2.75) is 231 Å². The van der Waals surface area contributed by atoms with E-state index in [1.807, 2.05) is 6.08 Å². The summed E-state index contributed by atoms with van der Waals surface area (Å²) in [7, 11) is -4.68. The number of hydrogen-bond acceptors (Lipinski definition) is 11. The number of hydrogen-bond donors (Lipinski definition) is 5. The second-order valence-electron chi connectivity index (χ2n) is 17.5. The molecule has 13 heteroatoms. The summed E-state index contributed by atoms with van der Waals surface area (Å²) in [4.78, 5) is 35.2. The van der Waals surface area contributed by atoms with Crippen molar-refractivity contribution in [3.63, 3.8) is 0 Å². The molecule has 64 heavy (non-hydrogen) atoms. The third kappa shape index (κ3) is 43.7. The molecule has 2 unspecified atom stereocenters. The van der Waals surface area contributed by atoms with Crippen molar-refractivity contribution in [1.82, 2.24) is 0 Å². The number of phosphoric ester groups is 1. The highest BCUT2D eigenvalue weighted by Crippen LogP contribution is 2.43. The number of carbonyl (C=O) groups excluding carboxylic acids is 2. The smallest absolute Gasteiger partial charge is 0.462 e. The molecule has 0 aliphatic heterocycles. The van der Waals surface area contributed by atoms with E-state index in [1.54, 1.807) is 36.5 Å². The van der Waals surface area contributed by atoms with E-state index in [1.165, 1.54) is 116 Å². The first kappa shape index (κ1) is 61.9. The highest BCUT2D eigenvalue weighted by Gasteiger charge is 2.27. The monoisotopic (exact) mass is 929 g/mol. The molecule has 0 aliphatic carbocycles. The van der Waals surface area contributed by atoms with Gasteiger partial charge in [-0.05, 0) is 44.4 Å². The number of rotatable bonds is 46. The number of ether oxygens (including phenoxy) is 2. The molecule has 12 nitrogen and oxygen atoms in total. The molecule has 0 rings (SSSR count). The molecule has 0 bridgehead atoms. The van der Waals surface area contributed by atoms with Crippen LogP contribution < -0.4 is 0 Å². The van der Waals surface area contributed by atoms with Crippen molar-refractivity contribution >= 4 is 19.8 Å². The summed E-state index contributed by atoms with van der Waals surface area (Å²) in [6.07, 6.45) is 41.3. The Hall–Kier alpha value is -2.15. The van der Waals surface area contributed by atoms with Gasteiger partial charge in [0.25, 0.3) is 0 Å². The van der Waals surface area contributed by atoms with Crippen LogP contribution in [0.1, 0.15) is 207 Å². The van der Waals surface area contributed by atoms with Crippen molar-refractivity contribution in [1.29, 1.82) is 0 Å². The minimum absolute atomic E-state index is 0.0182. The predicted molar refractivity (Wildman–Crippen MR) is 259 cm³/mol. The summed E-state index contributed by atoms with van der Waals surface area (Å²) in [5, 5.41) is 38.7. The number of unbranched alkanes of at least 4 members (excludes halogenated alkanes) is 20. The molecular formula is C51H93O12P. The van der Waals surface area contributed by atoms with Crippen LogP contribution in [-0.4, -0.2) is 88.1 Å². The average Bonchev–Trinajstić information content (AvgIpc) is 3.27. The maximum Gasteiger partial charge on any atom is 0.472 e. The zero-order valence-corrected chi connectivity index (χ0v) is 41.3. The quantitative estimate of drug-likeness (QED) is 0.0128. The van der Waals surface area contributed by atoms with Crippen LogP contribution in [0.25, 0.3) is 0 Å². The summed E-state index contributed by atoms with van der Waals surface area (Å²) in [6.45, 7) is 4.45. The largest absolute Gasteiger partial charge is 0.472 e. The van der Waals surface area contributed by atoms with Crippen LogP contribution in [-0.2, 0) is 32.7 Å². The summed E-state index contributed by atoms with van der Waals surface area (Å²) in [5.41, 5.74) is 0. The van der Waals surface area contributed by atoms with Crippen LogP contribution in [0.15, 0.2) is 48.6 Å². The Bertz CT molecular complexity index is 1250. The molecule has 6 atom stereocenters. The van der Waals surface area contributed by atoms with Crippen molar-refractivity contribution in [3.05, 3.63) is 48.6 Å². The first-order chi connectivity index (χ1) is 30.9. The Morgan fingerprint density at radius 1 is 0.578 bits per heavy atom. The summed E-state index contributed by atoms with van der Waals surface area (Å²) >= 11 is 0. The molecule has 0 aliphatic rings. The Balaban J connectivity index is 4.38. The van der Waals surface area contributed by atoms with Gasteiger partial charge in [0.15, 0.2) is 6.10 Å². The second kappa shape index (κ2) is 44.7. The van der Waals surface area contributed by atoms with Crippen molar-refractivity contribution in [2.24, 2.45) is 5.92 Å². The van der Waals surface area contributed by atoms with E-state index < -0.39 is 70.6 Å². The fourth-order valence-corrected chi connectivity index (χ4v) is 7.66. The number of phosphoric acid groups is 1. The molecule has 374 valence electrons. The van der Waals surface area contributed by atoms with Gasteiger partial charge < -0.3 is 34.8 Å². The van der Waals surface area contributed by atoms with Crippen molar-refractivity contribution < 1.29 is 58.0 Å². The lowest BCUT2D eigenvalue weighted by Crippen LogP contribution is -2.30. The van der Waals surface area contributed by atoms with Crippen molar-refractivity contribution in [3.8, 4) is 0 Å². The van der Waals surface area contributed by atoms with E-state index in [2.05, 4.69) is 31.4 Å². The average molecular weight is 929 g/mol. The van der Waals surface area contributed by atoms with Gasteiger partial charge in [-0.3, -0.25) is 18.6 Å². The molecule has 0 radical (unpaired) electrons. The molecule has 0 amide bonds. The van der Waals surface area contributed by atoms with E-state index in [4.69, 9.17) is 19.1 Å². The van der Waals surface area contributed by atoms with Crippen LogP contribution >= 0.6 is 7.82 Å². The van der Waals surface area contributed by atoms with Crippen molar-refractivity contribution in [2.75, 3.05) is 26.4 Å². The normalized spacial score (nSPS) is 15.6. The maximum absolute atomic E-state index is 12.7. The molecule has 0 saturated heterocycles. The number of aliphatic hydroxyl groups excluding tert-OH is 4. The van der Waals surface area contributed by atoms with E-state index in [9.17, 15) is 34.4 Å². The zero-order chi connectivity index (χ0) is 47.4. The standard InChI is InChI=1S/C51H93O12P/c1-4-6-7-8-24-29-35-46(53)36-30-26-27-31-37-47(54)38-33-40-50(56)60-43-49(44-62-64(58,59)61-42-48(55)41-52)63-51(57)39-32-25-22-20-18-16-14-12-10-9-11-13-15-17-19-21-23-28-34-45(3)5-2/h24,26-27,29-31,36-37,45-49,52-55H,4-23,25,28,32-35,38-44H2,1-3H3,(H,58,59)/b27-26+,29-24-,36-30+,37-31-/t45?,46-,47-,48+,49-/m1/s1. The van der Waals surface area contributed by atoms with Crippen LogP contribution in [0.3, 0.4) is 0 Å². The van der Waals surface area contributed by atoms with E-state index in [0.717, 1.165) is 38.0 Å². The van der Waals surface area contributed by atoms with Gasteiger partial charge >= 0.3 is 19.8 Å². The van der Waals surface area contributed by atoms with Gasteiger partial charge in [0.05, 0.1) is 32.0 Å². The zero-order valence-electron chi connectivity index (χ0n) is 40.4. The summed E-state index contributed by atoms with van der Waals surface area (Å²) < 4.78 is 32.7. The summed E-state index contributed by atoms with van der Waals surface area (Å²) in [6, 6.07) is 0. The lowest BCUT2D eigenvalue weighted by molar-refractivity contribution is -0.161. The van der Waals surface area contributed by atoms with Gasteiger partial charge in [-0.15, -0.1) is 0 Å². The van der Waals surface area contributed by atoms with Crippen LogP contribution in [0.2, 0.25) is 0 Å². The second-order valence-corrected chi connectivity index (χ2v) is 18.9. The third-order valence-electron chi connectivity index (χ3n) is 11.2. The number of esters is 2. The van der Waals surface area contributed by atoms with Gasteiger partial charge in [-0.25, -0.2) is 4.57 Å². The lowest BCUT2D eigenvalue weighted by Gasteiger charge is -2.20. The Morgan fingerprint density at radius 2 is 1.09 bits per heavy atom. The van der Waals surface area contributed by atoms with Crippen LogP contribution in [0.5, 0.6) is 0 Å². The fraction of sp³-hybridized carbons (Fsp3) is 0.804. The molecular weight excluding hydrogens is 836 g/mol. The topological polar surface area (TPSA) is 189 Å². The Morgan fingerprint density at radius 3 is 1.64 bits per heavy atom. The first-order valence-electron chi connectivity index (χ1n) is 25.2. The SMILES string of the molecule is CCCCC/C=C\C[C@@H](O)/C=C/C=C/C=C\[C@@H](O)CCCC(=O)OC[C@H](COP(=O)(O)OC[C@@H](O)CO)OC(=O)CCCCCCCCCCCCCCCCCCCCC(C)CC. The van der Waals surface area contributed by atoms with Crippen LogP contribution in [0.4, 0.5) is 0 Å². The lowest BCUT2D eigenvalue weighted by atomic mass is 9.99.